The molecule has 1 amide bonds. The minimum Gasteiger partial charge on any atom is -0.366 e. The van der Waals surface area contributed by atoms with Gasteiger partial charge in [0.15, 0.2) is 0 Å². The fourth-order valence-corrected chi connectivity index (χ4v) is 2.11. The van der Waals surface area contributed by atoms with Gasteiger partial charge in [-0.15, -0.1) is 10.2 Å². The summed E-state index contributed by atoms with van der Waals surface area (Å²) < 4.78 is 0. The number of carbonyl (C=O) groups is 1. The maximum absolute atomic E-state index is 10.9. The normalized spacial score (nSPS) is 10.3. The Morgan fingerprint density at radius 2 is 2.06 bits per heavy atom. The summed E-state index contributed by atoms with van der Waals surface area (Å²) in [4.78, 5) is 10.9. The number of rotatable bonds is 5. The van der Waals surface area contributed by atoms with Crippen molar-refractivity contribution in [2.75, 3.05) is 5.32 Å². The lowest BCUT2D eigenvalue weighted by molar-refractivity contribution is 0.100. The van der Waals surface area contributed by atoms with E-state index in [2.05, 4.69) is 15.5 Å². The van der Waals surface area contributed by atoms with Gasteiger partial charge in [0.25, 0.3) is 0 Å². The van der Waals surface area contributed by atoms with Crippen LogP contribution in [0.25, 0.3) is 0 Å². The van der Waals surface area contributed by atoms with Crippen molar-refractivity contribution in [1.29, 1.82) is 0 Å². The van der Waals surface area contributed by atoms with Gasteiger partial charge in [-0.2, -0.15) is 0 Å². The molecule has 0 aliphatic rings. The number of aryl methyl sites for hydroxylation is 1. The van der Waals surface area contributed by atoms with Gasteiger partial charge in [-0.1, -0.05) is 30.4 Å². The summed E-state index contributed by atoms with van der Waals surface area (Å²) in [5, 5.41) is 13.1. The van der Waals surface area contributed by atoms with E-state index in [-0.39, 0.29) is 0 Å². The number of nitrogens with zero attached hydrogens (tertiary/aromatic N) is 2. The second-order valence-corrected chi connectivity index (χ2v) is 4.83. The summed E-state index contributed by atoms with van der Waals surface area (Å²) >= 11 is 1.55. The van der Waals surface area contributed by atoms with Gasteiger partial charge >= 0.3 is 0 Å². The molecule has 2 rings (SSSR count). The van der Waals surface area contributed by atoms with E-state index in [0.717, 1.165) is 22.1 Å². The first-order valence-electron chi connectivity index (χ1n) is 5.64. The number of benzene rings is 1. The third-order valence-corrected chi connectivity index (χ3v) is 3.48. The highest BCUT2D eigenvalue weighted by atomic mass is 32.1. The van der Waals surface area contributed by atoms with Crippen LogP contribution in [0.3, 0.4) is 0 Å². The first kappa shape index (κ1) is 12.5. The van der Waals surface area contributed by atoms with E-state index in [1.807, 2.05) is 19.1 Å². The van der Waals surface area contributed by atoms with Crippen LogP contribution in [0, 0.1) is 0 Å². The van der Waals surface area contributed by atoms with Gasteiger partial charge in [-0.05, 0) is 24.1 Å². The highest BCUT2D eigenvalue weighted by molar-refractivity contribution is 7.15. The first-order chi connectivity index (χ1) is 8.69. The zero-order valence-electron chi connectivity index (χ0n) is 10.0. The van der Waals surface area contributed by atoms with Gasteiger partial charge in [-0.3, -0.25) is 4.79 Å². The molecule has 94 valence electrons. The van der Waals surface area contributed by atoms with E-state index in [4.69, 9.17) is 5.73 Å². The van der Waals surface area contributed by atoms with Crippen molar-refractivity contribution in [3.8, 4) is 0 Å². The molecule has 0 saturated carbocycles. The number of amides is 1. The number of anilines is 1. The molecule has 0 fully saturated rings. The van der Waals surface area contributed by atoms with Crippen molar-refractivity contribution < 1.29 is 4.79 Å². The van der Waals surface area contributed by atoms with Crippen molar-refractivity contribution in [2.45, 2.75) is 19.9 Å². The molecule has 3 N–H and O–H groups in total. The van der Waals surface area contributed by atoms with E-state index in [1.165, 1.54) is 0 Å². The van der Waals surface area contributed by atoms with Crippen LogP contribution in [0.15, 0.2) is 24.3 Å². The van der Waals surface area contributed by atoms with Gasteiger partial charge in [0, 0.05) is 12.1 Å². The quantitative estimate of drug-likeness (QED) is 0.861. The number of hydrogen-bond acceptors (Lipinski definition) is 5. The number of carbonyl (C=O) groups excluding carboxylic acids is 1. The van der Waals surface area contributed by atoms with Crippen LogP contribution in [0.4, 0.5) is 5.13 Å². The Labute approximate surface area is 109 Å². The van der Waals surface area contributed by atoms with Gasteiger partial charge in [0.1, 0.15) is 5.01 Å². The van der Waals surface area contributed by atoms with Crippen molar-refractivity contribution in [2.24, 2.45) is 5.73 Å². The van der Waals surface area contributed by atoms with Gasteiger partial charge in [-0.25, -0.2) is 0 Å². The van der Waals surface area contributed by atoms with Crippen LogP contribution < -0.4 is 11.1 Å². The van der Waals surface area contributed by atoms with E-state index < -0.39 is 5.91 Å². The second kappa shape index (κ2) is 5.59. The molecule has 18 heavy (non-hydrogen) atoms. The van der Waals surface area contributed by atoms with Gasteiger partial charge in [0.05, 0.1) is 0 Å². The molecule has 0 bridgehead atoms. The molecule has 5 nitrogen and oxygen atoms in total. The van der Waals surface area contributed by atoms with E-state index in [1.54, 1.807) is 23.5 Å². The standard InChI is InChI=1S/C12H14N4OS/c1-2-10-15-16-12(18-10)14-7-8-3-5-9(6-4-8)11(13)17/h3-6H,2,7H2,1H3,(H2,13,17)(H,14,16). The fourth-order valence-electron chi connectivity index (χ4n) is 1.43. The smallest absolute Gasteiger partial charge is 0.248 e. The Hall–Kier alpha value is -1.95. The molecular formula is C12H14N4OS. The van der Waals surface area contributed by atoms with Crippen LogP contribution in [-0.2, 0) is 13.0 Å². The zero-order valence-corrected chi connectivity index (χ0v) is 10.8. The summed E-state index contributed by atoms with van der Waals surface area (Å²) in [5.74, 6) is -0.411. The summed E-state index contributed by atoms with van der Waals surface area (Å²) in [6, 6.07) is 7.18. The number of nitrogens with one attached hydrogen (secondary N) is 1. The van der Waals surface area contributed by atoms with Gasteiger partial charge < -0.3 is 11.1 Å². The third kappa shape index (κ3) is 3.04. The SMILES string of the molecule is CCc1nnc(NCc2ccc(C(N)=O)cc2)s1. The average Bonchev–Trinajstić information content (AvgIpc) is 2.85. The summed E-state index contributed by atoms with van der Waals surface area (Å²) in [5.41, 5.74) is 6.76. The molecule has 0 radical (unpaired) electrons. The van der Waals surface area contributed by atoms with Crippen molar-refractivity contribution in [1.82, 2.24) is 10.2 Å². The van der Waals surface area contributed by atoms with E-state index in [9.17, 15) is 4.79 Å². The molecule has 1 aromatic carbocycles. The molecule has 2 aromatic rings. The van der Waals surface area contributed by atoms with Crippen LogP contribution in [0.1, 0.15) is 27.9 Å². The number of aromatic nitrogens is 2. The highest BCUT2D eigenvalue weighted by Crippen LogP contribution is 2.16. The Balaban J connectivity index is 1.95. The Morgan fingerprint density at radius 1 is 1.33 bits per heavy atom. The van der Waals surface area contributed by atoms with Crippen LogP contribution in [0.2, 0.25) is 0 Å². The minimum atomic E-state index is -0.411. The van der Waals surface area contributed by atoms with Gasteiger partial charge in [0.2, 0.25) is 11.0 Å². The Kier molecular flexibility index (Phi) is 3.88. The lowest BCUT2D eigenvalue weighted by Gasteiger charge is -2.02. The van der Waals surface area contributed by atoms with Crippen LogP contribution in [-0.4, -0.2) is 16.1 Å². The first-order valence-corrected chi connectivity index (χ1v) is 6.45. The number of primary amides is 1. The number of hydrogen-bond donors (Lipinski definition) is 2. The molecule has 0 atom stereocenters. The lowest BCUT2D eigenvalue weighted by Crippen LogP contribution is -2.10. The molecule has 1 heterocycles. The largest absolute Gasteiger partial charge is 0.366 e. The van der Waals surface area contributed by atoms with Crippen molar-refractivity contribution in [3.05, 3.63) is 40.4 Å². The third-order valence-electron chi connectivity index (χ3n) is 2.45. The Bertz CT molecular complexity index is 535. The monoisotopic (exact) mass is 262 g/mol. The average molecular weight is 262 g/mol. The Morgan fingerprint density at radius 3 is 2.61 bits per heavy atom. The molecule has 0 aliphatic heterocycles. The second-order valence-electron chi connectivity index (χ2n) is 3.77. The molecule has 0 unspecified atom stereocenters. The summed E-state index contributed by atoms with van der Waals surface area (Å²) in [7, 11) is 0. The minimum absolute atomic E-state index is 0.411. The molecule has 1 aromatic heterocycles. The van der Waals surface area contributed by atoms with E-state index >= 15 is 0 Å². The maximum atomic E-state index is 10.9. The molecule has 6 heteroatoms. The van der Waals surface area contributed by atoms with Crippen molar-refractivity contribution in [3.63, 3.8) is 0 Å². The van der Waals surface area contributed by atoms with Crippen molar-refractivity contribution >= 4 is 22.4 Å². The predicted octanol–water partition coefficient (Wildman–Crippen LogP) is 1.81. The topological polar surface area (TPSA) is 80.9 Å². The fraction of sp³-hybridized carbons (Fsp3) is 0.250. The lowest BCUT2D eigenvalue weighted by atomic mass is 10.1. The molecule has 0 aliphatic carbocycles. The van der Waals surface area contributed by atoms with Crippen LogP contribution in [0.5, 0.6) is 0 Å². The predicted molar refractivity (Wildman–Crippen MR) is 71.6 cm³/mol. The summed E-state index contributed by atoms with van der Waals surface area (Å²) in [6.45, 7) is 2.70. The molecular weight excluding hydrogens is 248 g/mol. The van der Waals surface area contributed by atoms with E-state index in [0.29, 0.717) is 12.1 Å². The van der Waals surface area contributed by atoms with Crippen LogP contribution >= 0.6 is 11.3 Å². The maximum Gasteiger partial charge on any atom is 0.248 e. The molecule has 0 spiro atoms. The highest BCUT2D eigenvalue weighted by Gasteiger charge is 2.03. The molecule has 0 saturated heterocycles. The zero-order chi connectivity index (χ0) is 13.0. The summed E-state index contributed by atoms with van der Waals surface area (Å²) in [6.07, 6.45) is 0.895. The number of nitrogens with two attached hydrogens (primary N) is 1.